The van der Waals surface area contributed by atoms with Crippen molar-refractivity contribution in [3.05, 3.63) is 23.8 Å². The van der Waals surface area contributed by atoms with Crippen LogP contribution in [0, 0.1) is 0 Å². The molecule has 7 nitrogen and oxygen atoms in total. The van der Waals surface area contributed by atoms with Crippen LogP contribution < -0.4 is 5.32 Å². The lowest BCUT2D eigenvalue weighted by Gasteiger charge is -1.93. The Balaban J connectivity index is 2.04. The molecule has 0 aliphatic heterocycles. The minimum atomic E-state index is 0.602. The maximum atomic E-state index is 4.00. The van der Waals surface area contributed by atoms with E-state index in [1.165, 1.54) is 0 Å². The van der Waals surface area contributed by atoms with Gasteiger partial charge in [-0.2, -0.15) is 0 Å². The highest BCUT2D eigenvalue weighted by atomic mass is 15.4. The molecule has 0 amide bonds. The molecule has 0 saturated carbocycles. The Kier molecular flexibility index (Phi) is 2.72. The highest BCUT2D eigenvalue weighted by molar-refractivity contribution is 4.96. The molecule has 15 heavy (non-hydrogen) atoms. The largest absolute Gasteiger partial charge is 0.314 e. The third-order valence-corrected chi connectivity index (χ3v) is 1.92. The topological polar surface area (TPSA) is 73.5 Å². The number of aromatic nitrogens is 6. The predicted octanol–water partition coefficient (Wildman–Crippen LogP) is -0.826. The first-order valence-corrected chi connectivity index (χ1v) is 4.67. The summed E-state index contributed by atoms with van der Waals surface area (Å²) in [5.41, 5.74) is 1.79. The molecule has 2 aromatic rings. The molecule has 0 unspecified atom stereocenters. The zero-order valence-electron chi connectivity index (χ0n) is 8.75. The molecule has 0 spiro atoms. The fourth-order valence-electron chi connectivity index (χ4n) is 1.31. The van der Waals surface area contributed by atoms with Gasteiger partial charge in [0.1, 0.15) is 5.69 Å². The van der Waals surface area contributed by atoms with Crippen molar-refractivity contribution in [2.75, 3.05) is 7.05 Å². The van der Waals surface area contributed by atoms with Crippen molar-refractivity contribution in [2.24, 2.45) is 7.05 Å². The number of nitrogens with one attached hydrogen (secondary N) is 1. The van der Waals surface area contributed by atoms with Gasteiger partial charge in [0, 0.05) is 19.8 Å². The first kappa shape index (κ1) is 9.78. The first-order valence-electron chi connectivity index (χ1n) is 4.67. The van der Waals surface area contributed by atoms with E-state index < -0.39 is 0 Å². The van der Waals surface area contributed by atoms with E-state index in [1.54, 1.807) is 9.36 Å². The van der Waals surface area contributed by atoms with Crippen LogP contribution >= 0.6 is 0 Å². The maximum Gasteiger partial charge on any atom is 0.104 e. The molecule has 0 aliphatic rings. The molecule has 0 fully saturated rings. The van der Waals surface area contributed by atoms with Crippen LogP contribution in [0.25, 0.3) is 0 Å². The average Bonchev–Trinajstić information content (AvgIpc) is 2.78. The van der Waals surface area contributed by atoms with Crippen LogP contribution in [0.2, 0.25) is 0 Å². The third kappa shape index (κ3) is 2.38. The standard InChI is InChI=1S/C8H13N7/c1-9-3-7-5-15(13-10-7)6-8-4-14(2)12-11-8/h4-5,9H,3,6H2,1-2H3. The molecule has 7 heteroatoms. The van der Waals surface area contributed by atoms with Gasteiger partial charge in [-0.05, 0) is 7.05 Å². The van der Waals surface area contributed by atoms with Gasteiger partial charge in [0.25, 0.3) is 0 Å². The Morgan fingerprint density at radius 2 is 2.00 bits per heavy atom. The SMILES string of the molecule is CNCc1cn(Cc2cn(C)nn2)nn1. The van der Waals surface area contributed by atoms with E-state index in [9.17, 15) is 0 Å². The van der Waals surface area contributed by atoms with Gasteiger partial charge in [0.15, 0.2) is 0 Å². The zero-order valence-corrected chi connectivity index (χ0v) is 8.75. The number of nitrogens with zero attached hydrogens (tertiary/aromatic N) is 6. The Morgan fingerprint density at radius 3 is 2.67 bits per heavy atom. The summed E-state index contributed by atoms with van der Waals surface area (Å²) < 4.78 is 3.41. The zero-order chi connectivity index (χ0) is 10.7. The normalized spacial score (nSPS) is 10.8. The van der Waals surface area contributed by atoms with Gasteiger partial charge in [-0.3, -0.25) is 4.68 Å². The molecule has 0 bridgehead atoms. The van der Waals surface area contributed by atoms with Crippen molar-refractivity contribution in [1.29, 1.82) is 0 Å². The van der Waals surface area contributed by atoms with E-state index >= 15 is 0 Å². The van der Waals surface area contributed by atoms with E-state index in [1.807, 2.05) is 26.5 Å². The first-order chi connectivity index (χ1) is 7.28. The van der Waals surface area contributed by atoms with Gasteiger partial charge >= 0.3 is 0 Å². The minimum Gasteiger partial charge on any atom is -0.314 e. The van der Waals surface area contributed by atoms with Crippen molar-refractivity contribution >= 4 is 0 Å². The molecule has 0 atom stereocenters. The van der Waals surface area contributed by atoms with Gasteiger partial charge < -0.3 is 5.32 Å². The van der Waals surface area contributed by atoms with Crippen molar-refractivity contribution in [3.8, 4) is 0 Å². The molecule has 2 rings (SSSR count). The van der Waals surface area contributed by atoms with Crippen LogP contribution in [0.3, 0.4) is 0 Å². The Labute approximate surface area is 87.1 Å². The molecule has 0 aliphatic carbocycles. The fourth-order valence-corrected chi connectivity index (χ4v) is 1.31. The monoisotopic (exact) mass is 207 g/mol. The lowest BCUT2D eigenvalue weighted by molar-refractivity contribution is 0.635. The summed E-state index contributed by atoms with van der Waals surface area (Å²) in [6.45, 7) is 1.32. The van der Waals surface area contributed by atoms with E-state index in [0.717, 1.165) is 17.9 Å². The Hall–Kier alpha value is -1.76. The highest BCUT2D eigenvalue weighted by Crippen LogP contribution is 1.97. The van der Waals surface area contributed by atoms with Gasteiger partial charge in [-0.1, -0.05) is 10.4 Å². The summed E-state index contributed by atoms with van der Waals surface area (Å²) in [6.07, 6.45) is 3.75. The van der Waals surface area contributed by atoms with Crippen molar-refractivity contribution < 1.29 is 0 Å². The van der Waals surface area contributed by atoms with E-state index in [4.69, 9.17) is 0 Å². The smallest absolute Gasteiger partial charge is 0.104 e. The number of aryl methyl sites for hydroxylation is 1. The van der Waals surface area contributed by atoms with E-state index in [0.29, 0.717) is 6.54 Å². The summed E-state index contributed by atoms with van der Waals surface area (Å²) in [6, 6.07) is 0. The van der Waals surface area contributed by atoms with Crippen LogP contribution in [-0.2, 0) is 20.1 Å². The fraction of sp³-hybridized carbons (Fsp3) is 0.500. The average molecular weight is 207 g/mol. The lowest BCUT2D eigenvalue weighted by atomic mass is 10.4. The van der Waals surface area contributed by atoms with Gasteiger partial charge in [0.05, 0.1) is 18.4 Å². The molecule has 2 heterocycles. The lowest BCUT2D eigenvalue weighted by Crippen LogP contribution is -2.05. The van der Waals surface area contributed by atoms with Crippen molar-refractivity contribution in [2.45, 2.75) is 13.1 Å². The van der Waals surface area contributed by atoms with Crippen LogP contribution in [0.4, 0.5) is 0 Å². The third-order valence-electron chi connectivity index (χ3n) is 1.92. The summed E-state index contributed by atoms with van der Waals surface area (Å²) in [5, 5.41) is 18.8. The maximum absolute atomic E-state index is 4.00. The van der Waals surface area contributed by atoms with Crippen LogP contribution in [0.1, 0.15) is 11.4 Å². The predicted molar refractivity (Wildman–Crippen MR) is 52.9 cm³/mol. The number of hydrogen-bond acceptors (Lipinski definition) is 5. The molecule has 80 valence electrons. The quantitative estimate of drug-likeness (QED) is 0.708. The summed E-state index contributed by atoms with van der Waals surface area (Å²) in [5.74, 6) is 0. The van der Waals surface area contributed by atoms with Crippen molar-refractivity contribution in [1.82, 2.24) is 35.3 Å². The van der Waals surface area contributed by atoms with Gasteiger partial charge in [-0.25, -0.2) is 4.68 Å². The molecule has 2 aromatic heterocycles. The molecular weight excluding hydrogens is 194 g/mol. The number of rotatable bonds is 4. The second-order valence-corrected chi connectivity index (χ2v) is 3.32. The summed E-state index contributed by atoms with van der Waals surface area (Å²) >= 11 is 0. The Bertz CT molecular complexity index is 430. The number of hydrogen-bond donors (Lipinski definition) is 1. The molecule has 0 aromatic carbocycles. The van der Waals surface area contributed by atoms with Crippen molar-refractivity contribution in [3.63, 3.8) is 0 Å². The van der Waals surface area contributed by atoms with E-state index in [-0.39, 0.29) is 0 Å². The summed E-state index contributed by atoms with van der Waals surface area (Å²) in [7, 11) is 3.71. The summed E-state index contributed by atoms with van der Waals surface area (Å²) in [4.78, 5) is 0. The van der Waals surface area contributed by atoms with Crippen LogP contribution in [0.5, 0.6) is 0 Å². The molecule has 0 saturated heterocycles. The molecule has 0 radical (unpaired) electrons. The molecule has 1 N–H and O–H groups in total. The van der Waals surface area contributed by atoms with Gasteiger partial charge in [-0.15, -0.1) is 10.2 Å². The van der Waals surface area contributed by atoms with Gasteiger partial charge in [0.2, 0.25) is 0 Å². The highest BCUT2D eigenvalue weighted by Gasteiger charge is 2.02. The minimum absolute atomic E-state index is 0.602. The molecular formula is C8H13N7. The second kappa shape index (κ2) is 4.18. The van der Waals surface area contributed by atoms with Crippen LogP contribution in [0.15, 0.2) is 12.4 Å². The second-order valence-electron chi connectivity index (χ2n) is 3.32. The van der Waals surface area contributed by atoms with Crippen LogP contribution in [-0.4, -0.2) is 37.0 Å². The van der Waals surface area contributed by atoms with E-state index in [2.05, 4.69) is 25.9 Å². The Morgan fingerprint density at radius 1 is 1.20 bits per heavy atom.